The first-order chi connectivity index (χ1) is 9.29. The van der Waals surface area contributed by atoms with Gasteiger partial charge in [0.05, 0.1) is 12.3 Å². The van der Waals surface area contributed by atoms with Gasteiger partial charge in [-0.15, -0.1) is 0 Å². The molecule has 0 aliphatic carbocycles. The van der Waals surface area contributed by atoms with Crippen LogP contribution in [0.5, 0.6) is 5.75 Å². The molecule has 1 aliphatic rings. The van der Waals surface area contributed by atoms with Crippen molar-refractivity contribution in [3.63, 3.8) is 0 Å². The highest BCUT2D eigenvalue weighted by atomic mass is 16.6. The molecule has 0 spiro atoms. The van der Waals surface area contributed by atoms with Gasteiger partial charge in [0, 0.05) is 0 Å². The van der Waals surface area contributed by atoms with Crippen LogP contribution in [0.3, 0.4) is 0 Å². The molecule has 1 aromatic carbocycles. The summed E-state index contributed by atoms with van der Waals surface area (Å²) in [6, 6.07) is 7.19. The molecule has 0 saturated carbocycles. The van der Waals surface area contributed by atoms with Crippen LogP contribution >= 0.6 is 0 Å². The zero-order chi connectivity index (χ0) is 15.0. The number of ether oxygens (including phenoxy) is 2. The van der Waals surface area contributed by atoms with Gasteiger partial charge in [-0.25, -0.2) is 4.79 Å². The van der Waals surface area contributed by atoms with Gasteiger partial charge in [-0.1, -0.05) is 12.1 Å². The molecule has 1 amide bonds. The summed E-state index contributed by atoms with van der Waals surface area (Å²) in [6.07, 6.45) is -0.633. The van der Waals surface area contributed by atoms with Crippen molar-refractivity contribution in [2.45, 2.75) is 39.0 Å². The van der Waals surface area contributed by atoms with E-state index in [4.69, 9.17) is 9.47 Å². The van der Waals surface area contributed by atoms with E-state index in [1.807, 2.05) is 19.1 Å². The van der Waals surface area contributed by atoms with Crippen molar-refractivity contribution < 1.29 is 19.4 Å². The molecule has 0 aromatic heterocycles. The Bertz CT molecular complexity index is 514. The van der Waals surface area contributed by atoms with Gasteiger partial charge in [0.15, 0.2) is 11.3 Å². The number of para-hydroxylation sites is 2. The molecule has 1 aromatic rings. The van der Waals surface area contributed by atoms with E-state index in [0.29, 0.717) is 18.0 Å². The van der Waals surface area contributed by atoms with E-state index in [-0.39, 0.29) is 0 Å². The summed E-state index contributed by atoms with van der Waals surface area (Å²) in [5.41, 5.74) is 0.962. The zero-order valence-corrected chi connectivity index (χ0v) is 12.1. The standard InChI is InChI=1S/C14H20N2O4/c1-5-19-11-9-7-6-8-10(11)15-16-12(17)20-13(2,3)14(16,4)18/h6-9,15,18H,5H2,1-4H3/t14-/m1/s1. The average molecular weight is 280 g/mol. The summed E-state index contributed by atoms with van der Waals surface area (Å²) in [5.74, 6) is 0.600. The van der Waals surface area contributed by atoms with Crippen LogP contribution in [0.15, 0.2) is 24.3 Å². The third-order valence-electron chi connectivity index (χ3n) is 3.52. The number of hydrogen-bond donors (Lipinski definition) is 2. The van der Waals surface area contributed by atoms with Crippen LogP contribution in [0.25, 0.3) is 0 Å². The number of cyclic esters (lactones) is 1. The fourth-order valence-electron chi connectivity index (χ4n) is 1.92. The number of benzene rings is 1. The van der Waals surface area contributed by atoms with Crippen LogP contribution in [-0.2, 0) is 4.74 Å². The van der Waals surface area contributed by atoms with Gasteiger partial charge in [0.1, 0.15) is 5.75 Å². The number of hydrogen-bond acceptors (Lipinski definition) is 5. The third-order valence-corrected chi connectivity index (χ3v) is 3.52. The van der Waals surface area contributed by atoms with Crippen molar-refractivity contribution in [2.24, 2.45) is 0 Å². The minimum absolute atomic E-state index is 0.505. The Morgan fingerprint density at radius 1 is 1.35 bits per heavy atom. The molecule has 0 unspecified atom stereocenters. The smallest absolute Gasteiger partial charge is 0.432 e. The summed E-state index contributed by atoms with van der Waals surface area (Å²) in [6.45, 7) is 7.21. The Labute approximate surface area is 118 Å². The van der Waals surface area contributed by atoms with Crippen molar-refractivity contribution >= 4 is 11.8 Å². The van der Waals surface area contributed by atoms with Gasteiger partial charge in [-0.2, -0.15) is 5.01 Å². The summed E-state index contributed by atoms with van der Waals surface area (Å²) >= 11 is 0. The van der Waals surface area contributed by atoms with E-state index in [2.05, 4.69) is 5.43 Å². The van der Waals surface area contributed by atoms with Crippen molar-refractivity contribution in [1.29, 1.82) is 0 Å². The number of nitrogens with one attached hydrogen (secondary N) is 1. The van der Waals surface area contributed by atoms with E-state index < -0.39 is 17.4 Å². The summed E-state index contributed by atoms with van der Waals surface area (Å²) in [7, 11) is 0. The van der Waals surface area contributed by atoms with Crippen molar-refractivity contribution in [3.05, 3.63) is 24.3 Å². The van der Waals surface area contributed by atoms with Crippen LogP contribution in [0.4, 0.5) is 10.5 Å². The minimum Gasteiger partial charge on any atom is -0.492 e. The molecule has 1 aliphatic heterocycles. The predicted molar refractivity (Wildman–Crippen MR) is 74.3 cm³/mol. The Balaban J connectivity index is 2.28. The van der Waals surface area contributed by atoms with Crippen LogP contribution < -0.4 is 10.2 Å². The van der Waals surface area contributed by atoms with E-state index in [0.717, 1.165) is 5.01 Å². The molecule has 20 heavy (non-hydrogen) atoms. The van der Waals surface area contributed by atoms with Crippen molar-refractivity contribution in [1.82, 2.24) is 5.01 Å². The average Bonchev–Trinajstić information content (AvgIpc) is 2.50. The SMILES string of the molecule is CCOc1ccccc1NN1C(=O)OC(C)(C)[C@@]1(C)O. The molecule has 1 atom stereocenters. The fraction of sp³-hybridized carbons (Fsp3) is 0.500. The maximum atomic E-state index is 11.9. The van der Waals surface area contributed by atoms with Crippen LogP contribution in [0.2, 0.25) is 0 Å². The lowest BCUT2D eigenvalue weighted by Crippen LogP contribution is -2.55. The molecule has 6 nitrogen and oxygen atoms in total. The molecule has 1 saturated heterocycles. The lowest BCUT2D eigenvalue weighted by molar-refractivity contribution is -0.121. The van der Waals surface area contributed by atoms with Crippen molar-refractivity contribution in [3.8, 4) is 5.75 Å². The van der Waals surface area contributed by atoms with E-state index in [1.165, 1.54) is 6.92 Å². The predicted octanol–water partition coefficient (Wildman–Crippen LogP) is 2.35. The first-order valence-corrected chi connectivity index (χ1v) is 6.53. The second kappa shape index (κ2) is 4.86. The summed E-state index contributed by atoms with van der Waals surface area (Å²) in [4.78, 5) is 11.9. The fourth-order valence-corrected chi connectivity index (χ4v) is 1.92. The Kier molecular flexibility index (Phi) is 3.52. The maximum Gasteiger partial charge on any atom is 0.432 e. The number of amides is 1. The Morgan fingerprint density at radius 2 is 2.00 bits per heavy atom. The molecule has 1 fully saturated rings. The van der Waals surface area contributed by atoms with Crippen molar-refractivity contribution in [2.75, 3.05) is 12.0 Å². The topological polar surface area (TPSA) is 71.0 Å². The van der Waals surface area contributed by atoms with Gasteiger partial charge in [0.2, 0.25) is 0 Å². The number of hydrazine groups is 1. The molecule has 6 heteroatoms. The molecule has 1 heterocycles. The number of nitrogens with zero attached hydrogens (tertiary/aromatic N) is 1. The Morgan fingerprint density at radius 3 is 2.55 bits per heavy atom. The number of carbonyl (C=O) groups excluding carboxylic acids is 1. The highest BCUT2D eigenvalue weighted by Gasteiger charge is 2.57. The van der Waals surface area contributed by atoms with E-state index in [1.54, 1.807) is 26.0 Å². The van der Waals surface area contributed by atoms with Gasteiger partial charge >= 0.3 is 6.09 Å². The minimum atomic E-state index is -1.48. The molecule has 2 N–H and O–H groups in total. The monoisotopic (exact) mass is 280 g/mol. The molecule has 110 valence electrons. The van der Waals surface area contributed by atoms with E-state index in [9.17, 15) is 9.90 Å². The quantitative estimate of drug-likeness (QED) is 0.886. The molecule has 2 rings (SSSR count). The Hall–Kier alpha value is -1.95. The van der Waals surface area contributed by atoms with Crippen LogP contribution in [0.1, 0.15) is 27.7 Å². The maximum absolute atomic E-state index is 11.9. The highest BCUT2D eigenvalue weighted by Crippen LogP contribution is 2.38. The number of aliphatic hydroxyl groups is 1. The first-order valence-electron chi connectivity index (χ1n) is 6.53. The highest BCUT2D eigenvalue weighted by molar-refractivity contribution is 5.75. The van der Waals surface area contributed by atoms with Gasteiger partial charge < -0.3 is 14.6 Å². The van der Waals surface area contributed by atoms with Gasteiger partial charge in [-0.05, 0) is 39.8 Å². The summed E-state index contributed by atoms with van der Waals surface area (Å²) in [5, 5.41) is 11.6. The largest absolute Gasteiger partial charge is 0.492 e. The van der Waals surface area contributed by atoms with Gasteiger partial charge in [0.25, 0.3) is 0 Å². The number of carbonyl (C=O) groups is 1. The van der Waals surface area contributed by atoms with Gasteiger partial charge in [-0.3, -0.25) is 5.43 Å². The molecule has 0 bridgehead atoms. The molecular formula is C14H20N2O4. The second-order valence-corrected chi connectivity index (χ2v) is 5.28. The summed E-state index contributed by atoms with van der Waals surface area (Å²) < 4.78 is 10.7. The number of rotatable bonds is 4. The first kappa shape index (κ1) is 14.5. The van der Waals surface area contributed by atoms with E-state index >= 15 is 0 Å². The zero-order valence-electron chi connectivity index (χ0n) is 12.1. The number of anilines is 1. The molecule has 0 radical (unpaired) electrons. The third kappa shape index (κ3) is 2.27. The van der Waals surface area contributed by atoms with Crippen LogP contribution in [-0.4, -0.2) is 34.1 Å². The lowest BCUT2D eigenvalue weighted by Gasteiger charge is -2.35. The lowest BCUT2D eigenvalue weighted by atomic mass is 9.97. The van der Waals surface area contributed by atoms with Crippen LogP contribution in [0, 0.1) is 0 Å². The second-order valence-electron chi connectivity index (χ2n) is 5.28. The normalized spacial score (nSPS) is 24.4. The molecular weight excluding hydrogens is 260 g/mol.